The summed E-state index contributed by atoms with van der Waals surface area (Å²) in [7, 11) is 1.67. The Kier molecular flexibility index (Phi) is 6.53. The molecule has 1 aliphatic rings. The molecule has 1 heterocycles. The van der Waals surface area contributed by atoms with E-state index in [-0.39, 0.29) is 12.1 Å². The summed E-state index contributed by atoms with van der Waals surface area (Å²) in [6.07, 6.45) is 0.846. The van der Waals surface area contributed by atoms with Gasteiger partial charge in [0.2, 0.25) is 0 Å². The van der Waals surface area contributed by atoms with Gasteiger partial charge < -0.3 is 19.7 Å². The zero-order chi connectivity index (χ0) is 19.2. The first-order valence-electron chi connectivity index (χ1n) is 8.58. The van der Waals surface area contributed by atoms with Crippen LogP contribution in [0.5, 0.6) is 0 Å². The topological polar surface area (TPSA) is 76.0 Å². The van der Waals surface area contributed by atoms with Gasteiger partial charge in [0.15, 0.2) is 11.4 Å². The summed E-state index contributed by atoms with van der Waals surface area (Å²) in [6.45, 7) is 2.60. The van der Waals surface area contributed by atoms with Crippen LogP contribution < -0.4 is 0 Å². The first kappa shape index (κ1) is 20.1. The largest absolute Gasteiger partial charge is 0.446 e. The van der Waals surface area contributed by atoms with Gasteiger partial charge in [0.1, 0.15) is 6.10 Å². The summed E-state index contributed by atoms with van der Waals surface area (Å²) < 4.78 is 11.6. The van der Waals surface area contributed by atoms with E-state index in [9.17, 15) is 4.79 Å². The molecule has 0 radical (unpaired) electrons. The molecule has 1 unspecified atom stereocenters. The van der Waals surface area contributed by atoms with Gasteiger partial charge in [-0.2, -0.15) is 0 Å². The molecule has 0 amide bonds. The van der Waals surface area contributed by atoms with Gasteiger partial charge in [0.25, 0.3) is 0 Å². The number of methoxy groups -OCH3 is 1. The Morgan fingerprint density at radius 3 is 1.81 bits per heavy atom. The minimum atomic E-state index is -1.50. The normalized spacial score (nSPS) is 19.1. The molecule has 140 valence electrons. The molecule has 0 bridgehead atoms. The molecule has 2 aromatic carbocycles. The number of carbonyl (C=O) groups excluding carboxylic acids is 1. The lowest BCUT2D eigenvalue weighted by Gasteiger charge is -2.43. The Hall–Kier alpha value is -2.21. The van der Waals surface area contributed by atoms with Crippen LogP contribution in [-0.2, 0) is 19.9 Å². The molecule has 5 nitrogen and oxygen atoms in total. The smallest absolute Gasteiger partial charge is 0.307 e. The second kappa shape index (κ2) is 8.45. The number of ether oxygens (including phenoxy) is 2. The number of aliphatic hydroxyl groups is 2. The average Bonchev–Trinajstić information content (AvgIpc) is 2.61. The standard InChI is InChI=1S/C18H18O3.C3H8O2/c1-20-16-12-13-17(19)21-18(16,14-8-4-2-5-9-14)15-10-6-3-7-11-15;1-3(2,4)5/h2-11,16H,12-13H2,1H3;4-5H,1-2H3. The van der Waals surface area contributed by atoms with E-state index in [0.29, 0.717) is 12.8 Å². The average molecular weight is 358 g/mol. The maximum absolute atomic E-state index is 12.0. The van der Waals surface area contributed by atoms with E-state index in [1.54, 1.807) is 7.11 Å². The summed E-state index contributed by atoms with van der Waals surface area (Å²) in [4.78, 5) is 12.0. The van der Waals surface area contributed by atoms with Crippen molar-refractivity contribution in [2.45, 2.75) is 44.2 Å². The van der Waals surface area contributed by atoms with E-state index in [1.807, 2.05) is 60.7 Å². The monoisotopic (exact) mass is 358 g/mol. The van der Waals surface area contributed by atoms with Gasteiger partial charge in [-0.15, -0.1) is 0 Å². The zero-order valence-electron chi connectivity index (χ0n) is 15.4. The Bertz CT molecular complexity index is 646. The van der Waals surface area contributed by atoms with Crippen LogP contribution in [-0.4, -0.2) is 35.2 Å². The van der Waals surface area contributed by atoms with Crippen molar-refractivity contribution in [1.82, 2.24) is 0 Å². The van der Waals surface area contributed by atoms with Crippen molar-refractivity contribution in [2.24, 2.45) is 0 Å². The molecule has 1 saturated heterocycles. The highest BCUT2D eigenvalue weighted by Crippen LogP contribution is 2.43. The van der Waals surface area contributed by atoms with Gasteiger partial charge in [-0.1, -0.05) is 60.7 Å². The minimum absolute atomic E-state index is 0.184. The first-order valence-corrected chi connectivity index (χ1v) is 8.58. The number of hydrogen-bond acceptors (Lipinski definition) is 5. The second-order valence-corrected chi connectivity index (χ2v) is 6.70. The SMILES string of the molecule is CC(C)(O)O.COC1CCC(=O)OC1(c1ccccc1)c1ccccc1. The molecule has 0 aliphatic carbocycles. The highest BCUT2D eigenvalue weighted by atomic mass is 16.6. The molecular formula is C21H26O5. The Labute approximate surface area is 154 Å². The van der Waals surface area contributed by atoms with E-state index in [0.717, 1.165) is 11.1 Å². The number of carbonyl (C=O) groups is 1. The Morgan fingerprint density at radius 1 is 1.00 bits per heavy atom. The summed E-state index contributed by atoms with van der Waals surface area (Å²) in [6, 6.07) is 19.7. The fourth-order valence-electron chi connectivity index (χ4n) is 3.06. The number of benzene rings is 2. The molecular weight excluding hydrogens is 332 g/mol. The van der Waals surface area contributed by atoms with Gasteiger partial charge in [-0.3, -0.25) is 4.79 Å². The van der Waals surface area contributed by atoms with Crippen molar-refractivity contribution >= 4 is 5.97 Å². The van der Waals surface area contributed by atoms with E-state index in [2.05, 4.69) is 0 Å². The lowest BCUT2D eigenvalue weighted by atomic mass is 9.78. The minimum Gasteiger partial charge on any atom is -0.446 e. The summed E-state index contributed by atoms with van der Waals surface area (Å²) in [5.41, 5.74) is 1.01. The maximum Gasteiger partial charge on any atom is 0.307 e. The first-order chi connectivity index (χ1) is 12.3. The fourth-order valence-corrected chi connectivity index (χ4v) is 3.06. The van der Waals surface area contributed by atoms with E-state index in [4.69, 9.17) is 19.7 Å². The predicted octanol–water partition coefficient (Wildman–Crippen LogP) is 2.99. The van der Waals surface area contributed by atoms with Crippen molar-refractivity contribution in [3.8, 4) is 0 Å². The van der Waals surface area contributed by atoms with Crippen LogP contribution >= 0.6 is 0 Å². The summed E-state index contributed by atoms with van der Waals surface area (Å²) in [5.74, 6) is -1.68. The van der Waals surface area contributed by atoms with Crippen LogP contribution in [0, 0.1) is 0 Å². The van der Waals surface area contributed by atoms with Gasteiger partial charge >= 0.3 is 5.97 Å². The quantitative estimate of drug-likeness (QED) is 0.652. The molecule has 0 spiro atoms. The third-order valence-corrected chi connectivity index (χ3v) is 4.03. The number of rotatable bonds is 3. The number of cyclic esters (lactones) is 1. The maximum atomic E-state index is 12.0. The van der Waals surface area contributed by atoms with Gasteiger partial charge in [-0.05, 0) is 20.3 Å². The molecule has 2 N–H and O–H groups in total. The number of esters is 1. The molecule has 26 heavy (non-hydrogen) atoms. The summed E-state index contributed by atoms with van der Waals surface area (Å²) in [5, 5.41) is 16.2. The van der Waals surface area contributed by atoms with Crippen LogP contribution in [0.1, 0.15) is 37.8 Å². The third kappa shape index (κ3) is 4.91. The van der Waals surface area contributed by atoms with E-state index >= 15 is 0 Å². The fraction of sp³-hybridized carbons (Fsp3) is 0.381. The van der Waals surface area contributed by atoms with Gasteiger partial charge in [0.05, 0.1) is 0 Å². The van der Waals surface area contributed by atoms with Crippen LogP contribution in [0.3, 0.4) is 0 Å². The van der Waals surface area contributed by atoms with Crippen LogP contribution in [0.2, 0.25) is 0 Å². The summed E-state index contributed by atoms with van der Waals surface area (Å²) >= 11 is 0. The molecule has 0 saturated carbocycles. The third-order valence-electron chi connectivity index (χ3n) is 4.03. The van der Waals surface area contributed by atoms with Crippen molar-refractivity contribution in [3.63, 3.8) is 0 Å². The molecule has 3 rings (SSSR count). The van der Waals surface area contributed by atoms with Gasteiger partial charge in [0, 0.05) is 24.7 Å². The lowest BCUT2D eigenvalue weighted by molar-refractivity contribution is -0.184. The van der Waals surface area contributed by atoms with Crippen LogP contribution in [0.4, 0.5) is 0 Å². The van der Waals surface area contributed by atoms with E-state index < -0.39 is 11.4 Å². The predicted molar refractivity (Wildman–Crippen MR) is 98.3 cm³/mol. The Balaban J connectivity index is 0.000000431. The van der Waals surface area contributed by atoms with Gasteiger partial charge in [-0.25, -0.2) is 0 Å². The van der Waals surface area contributed by atoms with Crippen LogP contribution in [0.15, 0.2) is 60.7 Å². The zero-order valence-corrected chi connectivity index (χ0v) is 15.4. The highest BCUT2D eigenvalue weighted by molar-refractivity contribution is 5.72. The molecule has 1 aliphatic heterocycles. The van der Waals surface area contributed by atoms with Crippen LogP contribution in [0.25, 0.3) is 0 Å². The van der Waals surface area contributed by atoms with Crippen molar-refractivity contribution in [3.05, 3.63) is 71.8 Å². The molecule has 5 heteroatoms. The van der Waals surface area contributed by atoms with Crippen molar-refractivity contribution in [2.75, 3.05) is 7.11 Å². The molecule has 1 fully saturated rings. The molecule has 1 atom stereocenters. The second-order valence-electron chi connectivity index (χ2n) is 6.70. The van der Waals surface area contributed by atoms with Crippen molar-refractivity contribution < 1.29 is 24.5 Å². The lowest BCUT2D eigenvalue weighted by Crippen LogP contribution is -2.49. The van der Waals surface area contributed by atoms with Crippen molar-refractivity contribution in [1.29, 1.82) is 0 Å². The number of hydrogen-bond donors (Lipinski definition) is 2. The Morgan fingerprint density at radius 2 is 1.42 bits per heavy atom. The highest BCUT2D eigenvalue weighted by Gasteiger charge is 2.49. The molecule has 2 aromatic rings. The van der Waals surface area contributed by atoms with E-state index in [1.165, 1.54) is 13.8 Å². The molecule has 0 aromatic heterocycles.